The molecule has 5 nitrogen and oxygen atoms in total. The van der Waals surface area contributed by atoms with Crippen LogP contribution < -0.4 is 15.3 Å². The summed E-state index contributed by atoms with van der Waals surface area (Å²) in [5, 5.41) is 10.0. The molecule has 0 saturated heterocycles. The molecule has 0 fully saturated rings. The number of aromatic amines is 2. The summed E-state index contributed by atoms with van der Waals surface area (Å²) in [5.74, 6) is 0.886. The van der Waals surface area contributed by atoms with Gasteiger partial charge in [-0.25, -0.2) is 10.1 Å². The molecule has 0 aliphatic heterocycles. The van der Waals surface area contributed by atoms with E-state index in [0.29, 0.717) is 4.77 Å². The summed E-state index contributed by atoms with van der Waals surface area (Å²) >= 11 is 5.24. The first kappa shape index (κ1) is 17.2. The predicted molar refractivity (Wildman–Crippen MR) is 105 cm³/mol. The number of anilines is 2. The molecule has 3 aromatic rings. The Morgan fingerprint density at radius 3 is 2.52 bits per heavy atom. The summed E-state index contributed by atoms with van der Waals surface area (Å²) in [4.78, 5) is 3.17. The van der Waals surface area contributed by atoms with Crippen LogP contribution in [0.4, 0.5) is 11.6 Å². The molecule has 3 rings (SSSR count). The number of aryl methyl sites for hydroxylation is 1. The normalized spacial score (nSPS) is 10.6. The Hall–Kier alpha value is -2.60. The van der Waals surface area contributed by atoms with Crippen molar-refractivity contribution < 1.29 is 4.68 Å². The number of hydrogen-bond acceptors (Lipinski definition) is 3. The molecule has 4 N–H and O–H groups in total. The highest BCUT2D eigenvalue weighted by molar-refractivity contribution is 7.71. The van der Waals surface area contributed by atoms with Crippen molar-refractivity contribution in [2.75, 3.05) is 23.7 Å². The van der Waals surface area contributed by atoms with E-state index in [2.05, 4.69) is 64.9 Å². The van der Waals surface area contributed by atoms with Crippen LogP contribution in [0.15, 0.2) is 48.5 Å². The zero-order valence-electron chi connectivity index (χ0n) is 14.6. The van der Waals surface area contributed by atoms with E-state index in [-0.39, 0.29) is 0 Å². The van der Waals surface area contributed by atoms with Gasteiger partial charge in [0.1, 0.15) is 6.54 Å². The first-order chi connectivity index (χ1) is 12.1. The minimum Gasteiger partial charge on any atom is -0.382 e. The second-order valence-electron chi connectivity index (χ2n) is 6.09. The van der Waals surface area contributed by atoms with Gasteiger partial charge in [0.2, 0.25) is 0 Å². The fourth-order valence-electron chi connectivity index (χ4n) is 2.73. The molecule has 0 atom stereocenters. The number of benzene rings is 2. The lowest BCUT2D eigenvalue weighted by atomic mass is 10.1. The zero-order valence-corrected chi connectivity index (χ0v) is 15.4. The molecule has 1 heterocycles. The van der Waals surface area contributed by atoms with Crippen LogP contribution >= 0.6 is 12.2 Å². The highest BCUT2D eigenvalue weighted by Crippen LogP contribution is 2.17. The van der Waals surface area contributed by atoms with Gasteiger partial charge in [-0.05, 0) is 48.8 Å². The van der Waals surface area contributed by atoms with Crippen LogP contribution in [0, 0.1) is 18.6 Å². The van der Waals surface area contributed by atoms with Crippen LogP contribution in [0.5, 0.6) is 0 Å². The lowest BCUT2D eigenvalue weighted by Crippen LogP contribution is -2.39. The molecule has 25 heavy (non-hydrogen) atoms. The van der Waals surface area contributed by atoms with Crippen LogP contribution in [0.3, 0.4) is 0 Å². The van der Waals surface area contributed by atoms with Gasteiger partial charge in [-0.15, -0.1) is 0 Å². The standard InChI is InChI=1S/C19H23N5S/c1-14-7-6-10-17(15(14)2)20-11-12-21-18-22-19(25)23-24(18)13-16-8-4-3-5-9-16/h3-10,20H,11-13H2,1-2H3,(H2,21,22,23,25)/p+1. The molecule has 2 aromatic carbocycles. The van der Waals surface area contributed by atoms with Gasteiger partial charge in [-0.3, -0.25) is 5.32 Å². The van der Waals surface area contributed by atoms with E-state index in [1.165, 1.54) is 22.4 Å². The quantitative estimate of drug-likeness (QED) is 0.298. The number of hydrogen-bond donors (Lipinski definition) is 4. The Labute approximate surface area is 153 Å². The SMILES string of the molecule is Cc1cccc(NCCNc2[nH]c(=S)[nH][n+]2Cc2ccccc2)c1C. The molecule has 1 aromatic heterocycles. The summed E-state index contributed by atoms with van der Waals surface area (Å²) in [7, 11) is 0. The van der Waals surface area contributed by atoms with Crippen LogP contribution in [0.25, 0.3) is 0 Å². The highest BCUT2D eigenvalue weighted by Gasteiger charge is 2.11. The number of nitrogens with one attached hydrogen (secondary N) is 4. The number of rotatable bonds is 7. The lowest BCUT2D eigenvalue weighted by molar-refractivity contribution is -0.730. The van der Waals surface area contributed by atoms with Gasteiger partial charge in [0.25, 0.3) is 4.77 Å². The van der Waals surface area contributed by atoms with Gasteiger partial charge >= 0.3 is 5.95 Å². The first-order valence-corrected chi connectivity index (χ1v) is 8.84. The van der Waals surface area contributed by atoms with Crippen molar-refractivity contribution in [3.63, 3.8) is 0 Å². The Morgan fingerprint density at radius 2 is 1.72 bits per heavy atom. The average molecular weight is 355 g/mol. The smallest absolute Gasteiger partial charge is 0.375 e. The van der Waals surface area contributed by atoms with E-state index in [0.717, 1.165) is 25.6 Å². The summed E-state index contributed by atoms with van der Waals surface area (Å²) < 4.78 is 2.61. The van der Waals surface area contributed by atoms with E-state index >= 15 is 0 Å². The van der Waals surface area contributed by atoms with Gasteiger partial charge in [0.05, 0.1) is 6.54 Å². The maximum Gasteiger partial charge on any atom is 0.375 e. The summed E-state index contributed by atoms with van der Waals surface area (Å²) in [5.41, 5.74) is 4.99. The third-order valence-corrected chi connectivity index (χ3v) is 4.45. The van der Waals surface area contributed by atoms with Crippen molar-refractivity contribution in [2.45, 2.75) is 20.4 Å². The largest absolute Gasteiger partial charge is 0.382 e. The average Bonchev–Trinajstić information content (AvgIpc) is 2.95. The second-order valence-corrected chi connectivity index (χ2v) is 6.50. The zero-order chi connectivity index (χ0) is 17.6. The van der Waals surface area contributed by atoms with Crippen molar-refractivity contribution in [2.24, 2.45) is 0 Å². The van der Waals surface area contributed by atoms with Crippen molar-refractivity contribution >= 4 is 23.9 Å². The molecule has 0 bridgehead atoms. The van der Waals surface area contributed by atoms with Crippen LogP contribution in [0.1, 0.15) is 16.7 Å². The topological polar surface area (TPSA) is 59.5 Å². The fourth-order valence-corrected chi connectivity index (χ4v) is 2.93. The van der Waals surface area contributed by atoms with E-state index in [4.69, 9.17) is 12.2 Å². The third kappa shape index (κ3) is 4.48. The molecule has 0 aliphatic rings. The Kier molecular flexibility index (Phi) is 5.50. The molecule has 0 saturated carbocycles. The third-order valence-electron chi connectivity index (χ3n) is 4.26. The second kappa shape index (κ2) is 7.98. The molecular weight excluding hydrogens is 330 g/mol. The van der Waals surface area contributed by atoms with E-state index in [9.17, 15) is 0 Å². The monoisotopic (exact) mass is 354 g/mol. The van der Waals surface area contributed by atoms with Crippen molar-refractivity contribution in [3.05, 3.63) is 70.0 Å². The molecule has 130 valence electrons. The van der Waals surface area contributed by atoms with Crippen molar-refractivity contribution in [1.29, 1.82) is 0 Å². The van der Waals surface area contributed by atoms with Crippen molar-refractivity contribution in [3.8, 4) is 0 Å². The van der Waals surface area contributed by atoms with Crippen molar-refractivity contribution in [1.82, 2.24) is 10.1 Å². The maximum absolute atomic E-state index is 5.24. The molecule has 6 heteroatoms. The molecule has 0 aliphatic carbocycles. The molecule has 0 radical (unpaired) electrons. The number of H-pyrrole nitrogens is 2. The first-order valence-electron chi connectivity index (χ1n) is 8.43. The van der Waals surface area contributed by atoms with Crippen LogP contribution in [-0.4, -0.2) is 23.2 Å². The lowest BCUT2D eigenvalue weighted by Gasteiger charge is -2.10. The fraction of sp³-hybridized carbons (Fsp3) is 0.263. The van der Waals surface area contributed by atoms with Crippen LogP contribution in [0.2, 0.25) is 0 Å². The summed E-state index contributed by atoms with van der Waals surface area (Å²) in [6.45, 7) is 6.61. The predicted octanol–water partition coefficient (Wildman–Crippen LogP) is 3.55. The van der Waals surface area contributed by atoms with E-state index in [1.807, 2.05) is 22.9 Å². The van der Waals surface area contributed by atoms with E-state index < -0.39 is 0 Å². The minimum absolute atomic E-state index is 0.612. The Balaban J connectivity index is 1.58. The molecule has 0 unspecified atom stereocenters. The number of aromatic nitrogens is 3. The van der Waals surface area contributed by atoms with Gasteiger partial charge in [0, 0.05) is 12.2 Å². The summed E-state index contributed by atoms with van der Waals surface area (Å²) in [6, 6.07) is 16.6. The van der Waals surface area contributed by atoms with E-state index in [1.54, 1.807) is 0 Å². The van der Waals surface area contributed by atoms with Gasteiger partial charge < -0.3 is 5.32 Å². The van der Waals surface area contributed by atoms with Gasteiger partial charge in [-0.1, -0.05) is 42.5 Å². The Morgan fingerprint density at radius 1 is 0.960 bits per heavy atom. The molecule has 0 spiro atoms. The minimum atomic E-state index is 0.612. The molecule has 0 amide bonds. The van der Waals surface area contributed by atoms with Crippen LogP contribution in [-0.2, 0) is 6.54 Å². The number of nitrogens with zero attached hydrogens (tertiary/aromatic N) is 1. The Bertz CT molecular complexity index is 882. The maximum atomic E-state index is 5.24. The van der Waals surface area contributed by atoms with Gasteiger partial charge in [0.15, 0.2) is 0 Å². The summed E-state index contributed by atoms with van der Waals surface area (Å²) in [6.07, 6.45) is 0. The van der Waals surface area contributed by atoms with Gasteiger partial charge in [-0.2, -0.15) is 4.68 Å². The highest BCUT2D eigenvalue weighted by atomic mass is 32.1. The molecular formula is C19H24N5S+.